The number of rotatable bonds is 3. The van der Waals surface area contributed by atoms with Gasteiger partial charge in [0, 0.05) is 22.3 Å². The van der Waals surface area contributed by atoms with E-state index < -0.39 is 17.4 Å². The van der Waals surface area contributed by atoms with E-state index in [-0.39, 0.29) is 0 Å². The number of nitrogens with two attached hydrogens (primary N) is 1. The lowest BCUT2D eigenvalue weighted by Crippen LogP contribution is -2.46. The number of hydrogen-bond acceptors (Lipinski definition) is 3. The minimum Gasteiger partial charge on any atom is -0.480 e. The molecule has 3 N–H and O–H groups in total. The van der Waals surface area contributed by atoms with E-state index in [9.17, 15) is 4.79 Å². The molecule has 15 heavy (non-hydrogen) atoms. The maximum atomic E-state index is 10.8. The van der Waals surface area contributed by atoms with E-state index in [2.05, 4.69) is 20.9 Å². The average molecular weight is 273 g/mol. The molecule has 0 amide bonds. The van der Waals surface area contributed by atoms with Crippen LogP contribution in [0.5, 0.6) is 0 Å². The molecule has 1 aromatic rings. The van der Waals surface area contributed by atoms with Crippen LogP contribution in [0.2, 0.25) is 0 Å². The van der Waals surface area contributed by atoms with Gasteiger partial charge < -0.3 is 10.8 Å². The van der Waals surface area contributed by atoms with Gasteiger partial charge >= 0.3 is 5.97 Å². The van der Waals surface area contributed by atoms with Crippen molar-refractivity contribution in [3.05, 3.63) is 28.5 Å². The Hall–Kier alpha value is -0.940. The van der Waals surface area contributed by atoms with Crippen molar-refractivity contribution >= 4 is 21.9 Å². The van der Waals surface area contributed by atoms with Gasteiger partial charge in [0.25, 0.3) is 0 Å². The maximum Gasteiger partial charge on any atom is 0.321 e. The van der Waals surface area contributed by atoms with E-state index in [0.717, 1.165) is 10.0 Å². The molecule has 0 aliphatic heterocycles. The van der Waals surface area contributed by atoms with Crippen LogP contribution in [0.4, 0.5) is 0 Å². The second kappa shape index (κ2) is 4.28. The molecule has 82 valence electrons. The lowest BCUT2D eigenvalue weighted by Gasteiger charge is -2.28. The lowest BCUT2D eigenvalue weighted by atomic mass is 9.79. The van der Waals surface area contributed by atoms with Gasteiger partial charge in [0.05, 0.1) is 0 Å². The average Bonchev–Trinajstić information content (AvgIpc) is 2.16. The normalized spacial score (nSPS) is 13.6. The van der Waals surface area contributed by atoms with Crippen molar-refractivity contribution < 1.29 is 9.90 Å². The molecule has 0 fully saturated rings. The molecule has 1 unspecified atom stereocenters. The topological polar surface area (TPSA) is 76.2 Å². The van der Waals surface area contributed by atoms with E-state index in [4.69, 9.17) is 10.8 Å². The van der Waals surface area contributed by atoms with Gasteiger partial charge in [-0.1, -0.05) is 13.8 Å². The Balaban J connectivity index is 3.10. The fourth-order valence-corrected chi connectivity index (χ4v) is 1.62. The molecule has 5 heteroatoms. The number of carboxylic acids is 1. The van der Waals surface area contributed by atoms with Gasteiger partial charge in [-0.3, -0.25) is 9.78 Å². The summed E-state index contributed by atoms with van der Waals surface area (Å²) >= 11 is 3.29. The number of pyridine rings is 1. The third-order valence-corrected chi connectivity index (χ3v) is 2.93. The van der Waals surface area contributed by atoms with Gasteiger partial charge in [-0.05, 0) is 27.6 Å². The molecule has 0 bridgehead atoms. The lowest BCUT2D eigenvalue weighted by molar-refractivity contribution is -0.140. The van der Waals surface area contributed by atoms with Crippen LogP contribution in [-0.2, 0) is 10.2 Å². The van der Waals surface area contributed by atoms with E-state index in [1.54, 1.807) is 26.2 Å². The second-order valence-electron chi connectivity index (χ2n) is 3.93. The highest BCUT2D eigenvalue weighted by atomic mass is 79.9. The molecule has 1 atom stereocenters. The van der Waals surface area contributed by atoms with Gasteiger partial charge in [0.15, 0.2) is 0 Å². The van der Waals surface area contributed by atoms with Gasteiger partial charge in [-0.15, -0.1) is 0 Å². The molecule has 0 aliphatic carbocycles. The summed E-state index contributed by atoms with van der Waals surface area (Å²) < 4.78 is 0.811. The molecule has 0 aromatic carbocycles. The van der Waals surface area contributed by atoms with Crippen LogP contribution >= 0.6 is 15.9 Å². The van der Waals surface area contributed by atoms with Crippen molar-refractivity contribution in [1.29, 1.82) is 0 Å². The first-order valence-corrected chi connectivity index (χ1v) is 5.24. The van der Waals surface area contributed by atoms with Crippen LogP contribution in [-0.4, -0.2) is 22.1 Å². The Morgan fingerprint density at radius 3 is 2.67 bits per heavy atom. The van der Waals surface area contributed by atoms with E-state index in [1.165, 1.54) is 0 Å². The fraction of sp³-hybridized carbons (Fsp3) is 0.400. The predicted octanol–water partition coefficient (Wildman–Crippen LogP) is 1.53. The van der Waals surface area contributed by atoms with Crippen molar-refractivity contribution in [3.8, 4) is 0 Å². The van der Waals surface area contributed by atoms with Crippen molar-refractivity contribution in [3.63, 3.8) is 0 Å². The zero-order valence-corrected chi connectivity index (χ0v) is 10.2. The van der Waals surface area contributed by atoms with Crippen LogP contribution in [0.3, 0.4) is 0 Å². The second-order valence-corrected chi connectivity index (χ2v) is 4.85. The summed E-state index contributed by atoms with van der Waals surface area (Å²) in [7, 11) is 0. The minimum atomic E-state index is -1.01. The molecule has 1 rings (SSSR count). The Kier molecular flexibility index (Phi) is 3.46. The molecular formula is C10H13BrN2O2. The maximum absolute atomic E-state index is 10.8. The van der Waals surface area contributed by atoms with Gasteiger partial charge in [0.2, 0.25) is 0 Å². The number of nitrogens with zero attached hydrogens (tertiary/aromatic N) is 1. The molecular weight excluding hydrogens is 260 g/mol. The summed E-state index contributed by atoms with van der Waals surface area (Å²) in [5.74, 6) is -1.01. The van der Waals surface area contributed by atoms with E-state index in [1.807, 2.05) is 6.07 Å². The summed E-state index contributed by atoms with van der Waals surface area (Å²) in [6.45, 7) is 3.57. The standard InChI is InChI=1S/C10H13BrN2O2/c1-10(2,8(12)9(14)15)6-3-7(11)5-13-4-6/h3-5,8H,12H2,1-2H3,(H,14,15). The first kappa shape index (κ1) is 12.1. The van der Waals surface area contributed by atoms with Crippen LogP contribution in [0.1, 0.15) is 19.4 Å². The molecule has 0 aliphatic rings. The van der Waals surface area contributed by atoms with Crippen LogP contribution < -0.4 is 5.73 Å². The van der Waals surface area contributed by atoms with Crippen molar-refractivity contribution in [2.45, 2.75) is 25.3 Å². The van der Waals surface area contributed by atoms with Gasteiger partial charge in [-0.2, -0.15) is 0 Å². The van der Waals surface area contributed by atoms with Crippen LogP contribution in [0.25, 0.3) is 0 Å². The first-order chi connectivity index (χ1) is 6.85. The zero-order chi connectivity index (χ0) is 11.6. The quantitative estimate of drug-likeness (QED) is 0.875. The molecule has 4 nitrogen and oxygen atoms in total. The first-order valence-electron chi connectivity index (χ1n) is 4.45. The molecule has 0 radical (unpaired) electrons. The molecule has 0 saturated heterocycles. The predicted molar refractivity (Wildman–Crippen MR) is 60.6 cm³/mol. The third-order valence-electron chi connectivity index (χ3n) is 2.49. The largest absolute Gasteiger partial charge is 0.480 e. The molecule has 0 spiro atoms. The number of aliphatic carboxylic acids is 1. The molecule has 1 aromatic heterocycles. The van der Waals surface area contributed by atoms with Crippen molar-refractivity contribution in [2.75, 3.05) is 0 Å². The summed E-state index contributed by atoms with van der Waals surface area (Å²) in [6.07, 6.45) is 3.28. The monoisotopic (exact) mass is 272 g/mol. The highest BCUT2D eigenvalue weighted by molar-refractivity contribution is 9.10. The van der Waals surface area contributed by atoms with Gasteiger partial charge in [-0.25, -0.2) is 0 Å². The zero-order valence-electron chi connectivity index (χ0n) is 8.57. The number of aromatic nitrogens is 1. The summed E-state index contributed by atoms with van der Waals surface area (Å²) in [6, 6.07) is 0.879. The third kappa shape index (κ3) is 2.54. The molecule has 0 saturated carbocycles. The van der Waals surface area contributed by atoms with Crippen LogP contribution in [0.15, 0.2) is 22.9 Å². The van der Waals surface area contributed by atoms with Crippen molar-refractivity contribution in [1.82, 2.24) is 4.98 Å². The van der Waals surface area contributed by atoms with Gasteiger partial charge in [0.1, 0.15) is 6.04 Å². The highest BCUT2D eigenvalue weighted by Crippen LogP contribution is 2.27. The van der Waals surface area contributed by atoms with Crippen LogP contribution in [0, 0.1) is 0 Å². The number of carboxylic acid groups (broad SMARTS) is 1. The molecule has 1 heterocycles. The number of halogens is 1. The Morgan fingerprint density at radius 2 is 2.20 bits per heavy atom. The Labute approximate surface area is 96.6 Å². The minimum absolute atomic E-state index is 0.650. The smallest absolute Gasteiger partial charge is 0.321 e. The summed E-state index contributed by atoms with van der Waals surface area (Å²) in [5.41, 5.74) is 5.78. The highest BCUT2D eigenvalue weighted by Gasteiger charge is 2.34. The Morgan fingerprint density at radius 1 is 1.60 bits per heavy atom. The number of hydrogen-bond donors (Lipinski definition) is 2. The Bertz CT molecular complexity index is 379. The van der Waals surface area contributed by atoms with Crippen molar-refractivity contribution in [2.24, 2.45) is 5.73 Å². The van der Waals surface area contributed by atoms with E-state index >= 15 is 0 Å². The fourth-order valence-electron chi connectivity index (χ4n) is 1.25. The summed E-state index contributed by atoms with van der Waals surface area (Å²) in [5, 5.41) is 8.89. The SMILES string of the molecule is CC(C)(c1cncc(Br)c1)C(N)C(=O)O. The number of carbonyl (C=O) groups is 1. The summed E-state index contributed by atoms with van der Waals surface area (Å²) in [4.78, 5) is 14.8. The van der Waals surface area contributed by atoms with E-state index in [0.29, 0.717) is 0 Å².